The van der Waals surface area contributed by atoms with Gasteiger partial charge in [-0.2, -0.15) is 0 Å². The number of halogens is 2. The molecule has 2 aromatic rings. The zero-order valence-electron chi connectivity index (χ0n) is 15.2. The van der Waals surface area contributed by atoms with Crippen molar-refractivity contribution in [1.29, 1.82) is 0 Å². The fraction of sp³-hybridized carbons (Fsp3) is 0.400. The SMILES string of the molecule is CCC(C)(C)NCc1cccc(OC)c1OCc1ccc(Cl)cc1Cl. The Morgan fingerprint density at radius 1 is 1.08 bits per heavy atom. The van der Waals surface area contributed by atoms with Crippen LogP contribution in [0, 0.1) is 0 Å². The number of ether oxygens (including phenoxy) is 2. The Balaban J connectivity index is 2.20. The smallest absolute Gasteiger partial charge is 0.166 e. The van der Waals surface area contributed by atoms with Gasteiger partial charge in [-0.1, -0.05) is 48.3 Å². The fourth-order valence-electron chi connectivity index (χ4n) is 2.27. The van der Waals surface area contributed by atoms with Gasteiger partial charge >= 0.3 is 0 Å². The predicted molar refractivity (Wildman–Crippen MR) is 105 cm³/mol. The van der Waals surface area contributed by atoms with E-state index in [4.69, 9.17) is 32.7 Å². The molecule has 0 aliphatic rings. The molecule has 0 saturated carbocycles. The first-order valence-corrected chi connectivity index (χ1v) is 9.09. The highest BCUT2D eigenvalue weighted by molar-refractivity contribution is 6.35. The largest absolute Gasteiger partial charge is 0.493 e. The number of para-hydroxylation sites is 1. The third-order valence-corrected chi connectivity index (χ3v) is 4.90. The van der Waals surface area contributed by atoms with Gasteiger partial charge in [0.05, 0.1) is 7.11 Å². The number of nitrogens with one attached hydrogen (secondary N) is 1. The molecule has 2 rings (SSSR count). The molecule has 0 amide bonds. The summed E-state index contributed by atoms with van der Waals surface area (Å²) >= 11 is 12.2. The lowest BCUT2D eigenvalue weighted by Gasteiger charge is -2.25. The Morgan fingerprint density at radius 2 is 1.84 bits per heavy atom. The van der Waals surface area contributed by atoms with Crippen molar-refractivity contribution in [2.45, 2.75) is 45.9 Å². The summed E-state index contributed by atoms with van der Waals surface area (Å²) in [7, 11) is 1.64. The van der Waals surface area contributed by atoms with Gasteiger partial charge in [-0.25, -0.2) is 0 Å². The maximum Gasteiger partial charge on any atom is 0.166 e. The van der Waals surface area contributed by atoms with E-state index in [0.717, 1.165) is 23.3 Å². The summed E-state index contributed by atoms with van der Waals surface area (Å²) in [5.74, 6) is 1.44. The van der Waals surface area contributed by atoms with E-state index in [1.807, 2.05) is 24.3 Å². The molecule has 5 heteroatoms. The van der Waals surface area contributed by atoms with Crippen molar-refractivity contribution in [2.24, 2.45) is 0 Å². The normalized spacial score (nSPS) is 11.4. The summed E-state index contributed by atoms with van der Waals surface area (Å²) in [5.41, 5.74) is 1.98. The Kier molecular flexibility index (Phi) is 7.00. The summed E-state index contributed by atoms with van der Waals surface area (Å²) in [6, 6.07) is 11.3. The van der Waals surface area contributed by atoms with Crippen molar-refractivity contribution in [3.8, 4) is 11.5 Å². The zero-order chi connectivity index (χ0) is 18.4. The summed E-state index contributed by atoms with van der Waals surface area (Å²) in [4.78, 5) is 0. The van der Waals surface area contributed by atoms with Crippen LogP contribution >= 0.6 is 23.2 Å². The molecule has 0 heterocycles. The highest BCUT2D eigenvalue weighted by atomic mass is 35.5. The monoisotopic (exact) mass is 381 g/mol. The topological polar surface area (TPSA) is 30.5 Å². The molecule has 0 atom stereocenters. The highest BCUT2D eigenvalue weighted by Gasteiger charge is 2.17. The lowest BCUT2D eigenvalue weighted by molar-refractivity contribution is 0.278. The van der Waals surface area contributed by atoms with Gasteiger partial charge in [0.25, 0.3) is 0 Å². The van der Waals surface area contributed by atoms with Gasteiger partial charge < -0.3 is 14.8 Å². The summed E-state index contributed by atoms with van der Waals surface area (Å²) in [6.07, 6.45) is 1.04. The molecule has 0 aliphatic carbocycles. The second-order valence-corrected chi connectivity index (χ2v) is 7.41. The number of hydrogen-bond acceptors (Lipinski definition) is 3. The van der Waals surface area contributed by atoms with Gasteiger partial charge in [-0.3, -0.25) is 0 Å². The van der Waals surface area contributed by atoms with Crippen LogP contribution in [0.15, 0.2) is 36.4 Å². The second kappa shape index (κ2) is 8.79. The van der Waals surface area contributed by atoms with Crippen molar-refractivity contribution >= 4 is 23.2 Å². The van der Waals surface area contributed by atoms with Gasteiger partial charge in [0.15, 0.2) is 11.5 Å². The Bertz CT molecular complexity index is 717. The predicted octanol–water partition coefficient (Wildman–Crippen LogP) is 5.86. The van der Waals surface area contributed by atoms with E-state index < -0.39 is 0 Å². The van der Waals surface area contributed by atoms with Crippen LogP contribution in [0.4, 0.5) is 0 Å². The van der Waals surface area contributed by atoms with E-state index in [0.29, 0.717) is 28.9 Å². The van der Waals surface area contributed by atoms with Crippen LogP contribution in [-0.4, -0.2) is 12.6 Å². The third kappa shape index (κ3) is 5.53. The van der Waals surface area contributed by atoms with E-state index in [1.54, 1.807) is 19.2 Å². The lowest BCUT2D eigenvalue weighted by atomic mass is 10.0. The van der Waals surface area contributed by atoms with Gasteiger partial charge in [0, 0.05) is 33.3 Å². The minimum Gasteiger partial charge on any atom is -0.493 e. The number of methoxy groups -OCH3 is 1. The Hall–Kier alpha value is -1.42. The van der Waals surface area contributed by atoms with Crippen molar-refractivity contribution in [3.63, 3.8) is 0 Å². The van der Waals surface area contributed by atoms with E-state index in [-0.39, 0.29) is 5.54 Å². The van der Waals surface area contributed by atoms with E-state index >= 15 is 0 Å². The van der Waals surface area contributed by atoms with Crippen molar-refractivity contribution < 1.29 is 9.47 Å². The first-order chi connectivity index (χ1) is 11.9. The summed E-state index contributed by atoms with van der Waals surface area (Å²) < 4.78 is 11.5. The third-order valence-electron chi connectivity index (χ3n) is 4.31. The number of hydrogen-bond donors (Lipinski definition) is 1. The first-order valence-electron chi connectivity index (χ1n) is 8.34. The van der Waals surface area contributed by atoms with Gasteiger partial charge in [-0.05, 0) is 38.5 Å². The molecular weight excluding hydrogens is 357 g/mol. The number of rotatable bonds is 8. The molecule has 0 saturated heterocycles. The van der Waals surface area contributed by atoms with Crippen LogP contribution in [0.3, 0.4) is 0 Å². The summed E-state index contributed by atoms with van der Waals surface area (Å²) in [6.45, 7) is 7.57. The average Bonchev–Trinajstić information content (AvgIpc) is 2.59. The second-order valence-electron chi connectivity index (χ2n) is 6.56. The minimum atomic E-state index is 0.0554. The zero-order valence-corrected chi connectivity index (χ0v) is 16.7. The van der Waals surface area contributed by atoms with Crippen LogP contribution in [-0.2, 0) is 13.2 Å². The van der Waals surface area contributed by atoms with E-state index in [9.17, 15) is 0 Å². The number of benzene rings is 2. The molecular formula is C20H25Cl2NO2. The molecule has 0 unspecified atom stereocenters. The average molecular weight is 382 g/mol. The Labute approximate surface area is 160 Å². The van der Waals surface area contributed by atoms with Crippen LogP contribution in [0.25, 0.3) is 0 Å². The van der Waals surface area contributed by atoms with E-state index in [1.165, 1.54) is 0 Å². The van der Waals surface area contributed by atoms with Crippen LogP contribution in [0.2, 0.25) is 10.0 Å². The molecule has 0 radical (unpaired) electrons. The molecule has 136 valence electrons. The molecule has 25 heavy (non-hydrogen) atoms. The standard InChI is InChI=1S/C20H25Cl2NO2/c1-5-20(2,3)23-12-14-7-6-8-18(24-4)19(14)25-13-15-9-10-16(21)11-17(15)22/h6-11,23H,5,12-13H2,1-4H3. The summed E-state index contributed by atoms with van der Waals surface area (Å²) in [5, 5.41) is 4.76. The van der Waals surface area contributed by atoms with Crippen molar-refractivity contribution in [2.75, 3.05) is 7.11 Å². The Morgan fingerprint density at radius 3 is 2.48 bits per heavy atom. The molecule has 0 bridgehead atoms. The maximum absolute atomic E-state index is 6.24. The fourth-order valence-corrected chi connectivity index (χ4v) is 2.74. The van der Waals surface area contributed by atoms with Crippen LogP contribution in [0.5, 0.6) is 11.5 Å². The molecule has 0 aliphatic heterocycles. The minimum absolute atomic E-state index is 0.0554. The van der Waals surface area contributed by atoms with Gasteiger partial charge in [0.2, 0.25) is 0 Å². The lowest BCUT2D eigenvalue weighted by Crippen LogP contribution is -2.37. The molecule has 3 nitrogen and oxygen atoms in total. The van der Waals surface area contributed by atoms with E-state index in [2.05, 4.69) is 26.1 Å². The molecule has 0 spiro atoms. The van der Waals surface area contributed by atoms with Gasteiger partial charge in [0.1, 0.15) is 6.61 Å². The van der Waals surface area contributed by atoms with Crippen LogP contribution in [0.1, 0.15) is 38.3 Å². The van der Waals surface area contributed by atoms with Crippen LogP contribution < -0.4 is 14.8 Å². The van der Waals surface area contributed by atoms with Crippen molar-refractivity contribution in [3.05, 3.63) is 57.6 Å². The molecule has 0 aromatic heterocycles. The van der Waals surface area contributed by atoms with Gasteiger partial charge in [-0.15, -0.1) is 0 Å². The molecule has 2 aromatic carbocycles. The van der Waals surface area contributed by atoms with Crippen molar-refractivity contribution in [1.82, 2.24) is 5.32 Å². The quantitative estimate of drug-likeness (QED) is 0.620. The first kappa shape index (κ1) is 19.9. The maximum atomic E-state index is 6.24. The highest BCUT2D eigenvalue weighted by Crippen LogP contribution is 2.33. The molecule has 1 N–H and O–H groups in total. The molecule has 0 fully saturated rings.